The summed E-state index contributed by atoms with van der Waals surface area (Å²) in [5.41, 5.74) is 3.38. The smallest absolute Gasteiger partial charge is 0.270 e. The van der Waals surface area contributed by atoms with E-state index in [9.17, 15) is 14.9 Å². The quantitative estimate of drug-likeness (QED) is 0.480. The largest absolute Gasteiger partial charge is 0.467 e. The van der Waals surface area contributed by atoms with Crippen molar-refractivity contribution in [1.82, 2.24) is 5.32 Å². The number of hydrogen-bond donors (Lipinski definition) is 1. The predicted octanol–water partition coefficient (Wildman–Crippen LogP) is 3.14. The predicted molar refractivity (Wildman–Crippen MR) is 100 cm³/mol. The first kappa shape index (κ1) is 18.6. The Morgan fingerprint density at radius 3 is 2.93 bits per heavy atom. The number of benzene rings is 2. The number of nitrogens with zero attached hydrogens (tertiary/aromatic N) is 1. The highest BCUT2D eigenvalue weighted by Gasteiger charge is 2.19. The summed E-state index contributed by atoms with van der Waals surface area (Å²) in [5, 5.41) is 13.9. The van der Waals surface area contributed by atoms with Crippen molar-refractivity contribution >= 4 is 17.7 Å². The standard InChI is InChI=1S/C20H20N2O5/c1-14-4-2-3-5-15(14)8-9-21-19(23)7-6-16-10-18(22(24)25)11-17-12-26-13-27-20(16)17/h2-7,10-11H,8-9,12-13H2,1H3,(H,21,23). The first-order valence-corrected chi connectivity index (χ1v) is 8.57. The lowest BCUT2D eigenvalue weighted by Crippen LogP contribution is -2.23. The number of non-ortho nitro benzene ring substituents is 1. The molecule has 1 heterocycles. The van der Waals surface area contributed by atoms with Gasteiger partial charge in [-0.25, -0.2) is 0 Å². The van der Waals surface area contributed by atoms with E-state index in [4.69, 9.17) is 9.47 Å². The minimum atomic E-state index is -0.478. The van der Waals surface area contributed by atoms with Gasteiger partial charge in [-0.2, -0.15) is 0 Å². The van der Waals surface area contributed by atoms with Gasteiger partial charge >= 0.3 is 0 Å². The lowest BCUT2D eigenvalue weighted by Gasteiger charge is -2.19. The highest BCUT2D eigenvalue weighted by Crippen LogP contribution is 2.33. The fourth-order valence-electron chi connectivity index (χ4n) is 2.90. The Balaban J connectivity index is 1.66. The summed E-state index contributed by atoms with van der Waals surface area (Å²) in [4.78, 5) is 22.7. The molecule has 0 atom stereocenters. The van der Waals surface area contributed by atoms with Crippen LogP contribution in [0.1, 0.15) is 22.3 Å². The molecule has 0 aliphatic carbocycles. The van der Waals surface area contributed by atoms with Gasteiger partial charge in [0.1, 0.15) is 5.75 Å². The van der Waals surface area contributed by atoms with E-state index in [1.54, 1.807) is 0 Å². The molecule has 0 saturated heterocycles. The lowest BCUT2D eigenvalue weighted by molar-refractivity contribution is -0.385. The molecule has 1 aliphatic rings. The van der Waals surface area contributed by atoms with Crippen LogP contribution in [0.2, 0.25) is 0 Å². The average molecular weight is 368 g/mol. The van der Waals surface area contributed by atoms with Crippen LogP contribution >= 0.6 is 0 Å². The molecule has 0 radical (unpaired) electrons. The third kappa shape index (κ3) is 4.71. The molecular formula is C20H20N2O5. The second-order valence-electron chi connectivity index (χ2n) is 6.19. The van der Waals surface area contributed by atoms with Gasteiger partial charge in [0.2, 0.25) is 5.91 Å². The van der Waals surface area contributed by atoms with Crippen molar-refractivity contribution in [2.75, 3.05) is 13.3 Å². The minimum absolute atomic E-state index is 0.0672. The summed E-state index contributed by atoms with van der Waals surface area (Å²) < 4.78 is 10.6. The van der Waals surface area contributed by atoms with Crippen LogP contribution in [0.4, 0.5) is 5.69 Å². The number of nitro groups is 1. The summed E-state index contributed by atoms with van der Waals surface area (Å²) in [6.07, 6.45) is 3.62. The van der Waals surface area contributed by atoms with Crippen molar-refractivity contribution in [1.29, 1.82) is 0 Å². The number of carbonyl (C=O) groups excluding carboxylic acids is 1. The zero-order valence-electron chi connectivity index (χ0n) is 14.9. The number of aryl methyl sites for hydroxylation is 1. The molecule has 2 aromatic carbocycles. The SMILES string of the molecule is Cc1ccccc1CCNC(=O)C=Cc1cc([N+](=O)[O-])cc2c1OCOC2. The fraction of sp³-hybridized carbons (Fsp3) is 0.250. The topological polar surface area (TPSA) is 90.7 Å². The normalized spacial score (nSPS) is 13.1. The number of hydrogen-bond acceptors (Lipinski definition) is 5. The van der Waals surface area contributed by atoms with Crippen molar-refractivity contribution in [3.05, 3.63) is 74.8 Å². The van der Waals surface area contributed by atoms with Crippen LogP contribution < -0.4 is 10.1 Å². The summed E-state index contributed by atoms with van der Waals surface area (Å²) in [5.74, 6) is 0.242. The van der Waals surface area contributed by atoms with Crippen LogP contribution in [0.3, 0.4) is 0 Å². The molecule has 1 aliphatic heterocycles. The summed E-state index contributed by atoms with van der Waals surface area (Å²) in [7, 11) is 0. The molecular weight excluding hydrogens is 348 g/mol. The Labute approximate surface area is 156 Å². The monoisotopic (exact) mass is 368 g/mol. The molecule has 0 aromatic heterocycles. The van der Waals surface area contributed by atoms with E-state index in [0.717, 1.165) is 6.42 Å². The van der Waals surface area contributed by atoms with E-state index in [1.807, 2.05) is 31.2 Å². The molecule has 2 aromatic rings. The van der Waals surface area contributed by atoms with E-state index in [1.165, 1.54) is 35.4 Å². The molecule has 0 unspecified atom stereocenters. The molecule has 7 nitrogen and oxygen atoms in total. The third-order valence-electron chi connectivity index (χ3n) is 4.30. The van der Waals surface area contributed by atoms with Gasteiger partial charge in [0.15, 0.2) is 6.79 Å². The summed E-state index contributed by atoms with van der Waals surface area (Å²) in [6.45, 7) is 2.85. The van der Waals surface area contributed by atoms with Gasteiger partial charge in [0.05, 0.1) is 11.5 Å². The van der Waals surface area contributed by atoms with Crippen molar-refractivity contribution in [2.24, 2.45) is 0 Å². The molecule has 140 valence electrons. The van der Waals surface area contributed by atoms with Crippen molar-refractivity contribution < 1.29 is 19.2 Å². The Morgan fingerprint density at radius 1 is 1.33 bits per heavy atom. The first-order valence-electron chi connectivity index (χ1n) is 8.57. The second kappa shape index (κ2) is 8.46. The number of amides is 1. The minimum Gasteiger partial charge on any atom is -0.467 e. The Hall–Kier alpha value is -3.19. The summed E-state index contributed by atoms with van der Waals surface area (Å²) in [6, 6.07) is 10.8. The van der Waals surface area contributed by atoms with Crippen molar-refractivity contribution in [3.63, 3.8) is 0 Å². The molecule has 7 heteroatoms. The zero-order chi connectivity index (χ0) is 19.2. The molecule has 0 saturated carbocycles. The fourth-order valence-corrected chi connectivity index (χ4v) is 2.90. The van der Waals surface area contributed by atoms with Gasteiger partial charge in [0, 0.05) is 35.9 Å². The maximum Gasteiger partial charge on any atom is 0.270 e. The van der Waals surface area contributed by atoms with E-state index < -0.39 is 4.92 Å². The molecule has 0 bridgehead atoms. The molecule has 0 spiro atoms. The van der Waals surface area contributed by atoms with Crippen LogP contribution in [-0.4, -0.2) is 24.2 Å². The van der Waals surface area contributed by atoms with Crippen molar-refractivity contribution in [2.45, 2.75) is 20.0 Å². The van der Waals surface area contributed by atoms with E-state index in [-0.39, 0.29) is 25.0 Å². The van der Waals surface area contributed by atoms with Gasteiger partial charge in [0.25, 0.3) is 5.69 Å². The Bertz CT molecular complexity index is 892. The molecule has 3 rings (SSSR count). The molecule has 27 heavy (non-hydrogen) atoms. The maximum absolute atomic E-state index is 12.1. The molecule has 0 fully saturated rings. The van der Waals surface area contributed by atoms with Gasteiger partial charge in [-0.05, 0) is 30.5 Å². The maximum atomic E-state index is 12.1. The Kier molecular flexibility index (Phi) is 5.83. The van der Waals surface area contributed by atoms with E-state index >= 15 is 0 Å². The highest BCUT2D eigenvalue weighted by atomic mass is 16.7. The highest BCUT2D eigenvalue weighted by molar-refractivity contribution is 5.92. The van der Waals surface area contributed by atoms with Crippen LogP contribution in [0, 0.1) is 17.0 Å². The number of ether oxygens (including phenoxy) is 2. The van der Waals surface area contributed by atoms with E-state index in [2.05, 4.69) is 5.32 Å². The molecule has 1 N–H and O–H groups in total. The zero-order valence-corrected chi connectivity index (χ0v) is 14.9. The lowest BCUT2D eigenvalue weighted by atomic mass is 10.1. The van der Waals surface area contributed by atoms with Gasteiger partial charge in [-0.3, -0.25) is 14.9 Å². The van der Waals surface area contributed by atoms with E-state index in [0.29, 0.717) is 23.4 Å². The van der Waals surface area contributed by atoms with Crippen LogP contribution in [0.5, 0.6) is 5.75 Å². The van der Waals surface area contributed by atoms with Crippen LogP contribution in [-0.2, 0) is 22.6 Å². The number of fused-ring (bicyclic) bond motifs is 1. The average Bonchev–Trinajstić information content (AvgIpc) is 2.67. The van der Waals surface area contributed by atoms with Crippen LogP contribution in [0.25, 0.3) is 6.08 Å². The first-order chi connectivity index (χ1) is 13.0. The van der Waals surface area contributed by atoms with Gasteiger partial charge < -0.3 is 14.8 Å². The van der Waals surface area contributed by atoms with Gasteiger partial charge in [-0.1, -0.05) is 24.3 Å². The van der Waals surface area contributed by atoms with Crippen LogP contribution in [0.15, 0.2) is 42.5 Å². The molecule has 1 amide bonds. The Morgan fingerprint density at radius 2 is 2.15 bits per heavy atom. The number of carbonyl (C=O) groups is 1. The number of nitrogens with one attached hydrogen (secondary N) is 1. The summed E-state index contributed by atoms with van der Waals surface area (Å²) >= 11 is 0. The number of nitro benzene ring substituents is 1. The van der Waals surface area contributed by atoms with Crippen molar-refractivity contribution in [3.8, 4) is 5.75 Å². The van der Waals surface area contributed by atoms with Gasteiger partial charge in [-0.15, -0.1) is 0 Å². The third-order valence-corrected chi connectivity index (χ3v) is 4.30. The number of rotatable bonds is 6. The second-order valence-corrected chi connectivity index (χ2v) is 6.19.